The number of rotatable bonds is 3. The van der Waals surface area contributed by atoms with E-state index < -0.39 is 0 Å². The monoisotopic (exact) mass is 325 g/mol. The maximum atomic E-state index is 5.45. The van der Waals surface area contributed by atoms with Gasteiger partial charge < -0.3 is 9.64 Å². The van der Waals surface area contributed by atoms with Gasteiger partial charge in [0.25, 0.3) is 0 Å². The normalized spacial score (nSPS) is 24.9. The number of nitrogens with zero attached hydrogens (tertiary/aromatic N) is 3. The molecule has 5 heteroatoms. The number of aromatic nitrogens is 1. The van der Waals surface area contributed by atoms with Crippen molar-refractivity contribution < 1.29 is 4.74 Å². The highest BCUT2D eigenvalue weighted by molar-refractivity contribution is 9.10. The lowest BCUT2D eigenvalue weighted by Crippen LogP contribution is -2.47. The summed E-state index contributed by atoms with van der Waals surface area (Å²) in [6.07, 6.45) is 5.01. The molecule has 0 aromatic carbocycles. The SMILES string of the molecule is Brc1cncc(N2CCN(CC3CCOC3)CC2)c1. The van der Waals surface area contributed by atoms with Crippen LogP contribution in [-0.4, -0.2) is 55.8 Å². The Morgan fingerprint density at radius 3 is 2.79 bits per heavy atom. The highest BCUT2D eigenvalue weighted by Crippen LogP contribution is 2.21. The molecular formula is C14H20BrN3O. The van der Waals surface area contributed by atoms with Crippen molar-refractivity contribution >= 4 is 21.6 Å². The molecule has 0 N–H and O–H groups in total. The first-order chi connectivity index (χ1) is 9.31. The molecule has 1 atom stereocenters. The van der Waals surface area contributed by atoms with Gasteiger partial charge in [0.1, 0.15) is 0 Å². The molecule has 0 radical (unpaired) electrons. The number of halogens is 1. The average molecular weight is 326 g/mol. The quantitative estimate of drug-likeness (QED) is 0.850. The minimum atomic E-state index is 0.749. The largest absolute Gasteiger partial charge is 0.381 e. The van der Waals surface area contributed by atoms with E-state index in [1.165, 1.54) is 18.7 Å². The third kappa shape index (κ3) is 3.46. The molecule has 4 nitrogen and oxygen atoms in total. The molecule has 1 aromatic heterocycles. The van der Waals surface area contributed by atoms with Gasteiger partial charge in [0.15, 0.2) is 0 Å². The van der Waals surface area contributed by atoms with Crippen molar-refractivity contribution in [2.75, 3.05) is 50.8 Å². The molecule has 19 heavy (non-hydrogen) atoms. The van der Waals surface area contributed by atoms with Crippen LogP contribution in [0.15, 0.2) is 22.9 Å². The molecule has 104 valence electrons. The second-order valence-electron chi connectivity index (χ2n) is 5.38. The van der Waals surface area contributed by atoms with Crippen molar-refractivity contribution in [2.45, 2.75) is 6.42 Å². The smallest absolute Gasteiger partial charge is 0.0564 e. The molecule has 1 unspecified atom stereocenters. The van der Waals surface area contributed by atoms with E-state index in [1.54, 1.807) is 0 Å². The van der Waals surface area contributed by atoms with E-state index in [0.29, 0.717) is 0 Å². The van der Waals surface area contributed by atoms with Gasteiger partial charge in [0.05, 0.1) is 18.5 Å². The van der Waals surface area contributed by atoms with Gasteiger partial charge in [-0.2, -0.15) is 0 Å². The lowest BCUT2D eigenvalue weighted by molar-refractivity contribution is 0.164. The van der Waals surface area contributed by atoms with E-state index in [4.69, 9.17) is 4.74 Å². The molecule has 2 fully saturated rings. The molecule has 2 saturated heterocycles. The van der Waals surface area contributed by atoms with Crippen molar-refractivity contribution in [3.05, 3.63) is 22.9 Å². The summed E-state index contributed by atoms with van der Waals surface area (Å²) in [6.45, 7) is 7.57. The Balaban J connectivity index is 1.51. The van der Waals surface area contributed by atoms with E-state index in [0.717, 1.165) is 49.8 Å². The van der Waals surface area contributed by atoms with Gasteiger partial charge in [0, 0.05) is 50.0 Å². The highest BCUT2D eigenvalue weighted by Gasteiger charge is 2.22. The van der Waals surface area contributed by atoms with Crippen LogP contribution in [0.2, 0.25) is 0 Å². The van der Waals surface area contributed by atoms with Crippen LogP contribution in [0.1, 0.15) is 6.42 Å². The predicted octanol–water partition coefficient (Wildman–Crippen LogP) is 2.00. The Kier molecular flexibility index (Phi) is 4.35. The summed E-state index contributed by atoms with van der Waals surface area (Å²) in [7, 11) is 0. The van der Waals surface area contributed by atoms with Crippen LogP contribution in [0.3, 0.4) is 0 Å². The van der Waals surface area contributed by atoms with Crippen LogP contribution in [0, 0.1) is 5.92 Å². The molecule has 0 aliphatic carbocycles. The van der Waals surface area contributed by atoms with Crippen molar-refractivity contribution in [1.82, 2.24) is 9.88 Å². The van der Waals surface area contributed by atoms with Crippen molar-refractivity contribution in [3.63, 3.8) is 0 Å². The molecule has 3 heterocycles. The summed E-state index contributed by atoms with van der Waals surface area (Å²) in [5, 5.41) is 0. The number of ether oxygens (including phenoxy) is 1. The second kappa shape index (κ2) is 6.20. The van der Waals surface area contributed by atoms with Gasteiger partial charge in [-0.15, -0.1) is 0 Å². The molecule has 0 saturated carbocycles. The van der Waals surface area contributed by atoms with Gasteiger partial charge in [-0.1, -0.05) is 0 Å². The van der Waals surface area contributed by atoms with Crippen LogP contribution < -0.4 is 4.90 Å². The van der Waals surface area contributed by atoms with E-state index in [-0.39, 0.29) is 0 Å². The third-order valence-electron chi connectivity index (χ3n) is 3.97. The fourth-order valence-corrected chi connectivity index (χ4v) is 3.21. The molecule has 2 aliphatic heterocycles. The van der Waals surface area contributed by atoms with E-state index >= 15 is 0 Å². The van der Waals surface area contributed by atoms with Crippen molar-refractivity contribution in [2.24, 2.45) is 5.92 Å². The number of anilines is 1. The average Bonchev–Trinajstić information content (AvgIpc) is 2.92. The van der Waals surface area contributed by atoms with Gasteiger partial charge in [-0.3, -0.25) is 9.88 Å². The zero-order chi connectivity index (χ0) is 13.1. The number of hydrogen-bond donors (Lipinski definition) is 0. The minimum absolute atomic E-state index is 0.749. The van der Waals surface area contributed by atoms with E-state index in [2.05, 4.69) is 36.8 Å². The number of hydrogen-bond acceptors (Lipinski definition) is 4. The Hall–Kier alpha value is -0.650. The summed E-state index contributed by atoms with van der Waals surface area (Å²) < 4.78 is 6.50. The Morgan fingerprint density at radius 2 is 2.11 bits per heavy atom. The topological polar surface area (TPSA) is 28.6 Å². The summed E-state index contributed by atoms with van der Waals surface area (Å²) in [5.74, 6) is 0.749. The first kappa shape index (κ1) is 13.3. The molecular weight excluding hydrogens is 306 g/mol. The molecule has 0 amide bonds. The van der Waals surface area contributed by atoms with Crippen LogP contribution in [0.4, 0.5) is 5.69 Å². The maximum Gasteiger partial charge on any atom is 0.0564 e. The zero-order valence-electron chi connectivity index (χ0n) is 11.1. The number of pyridine rings is 1. The molecule has 0 spiro atoms. The highest BCUT2D eigenvalue weighted by atomic mass is 79.9. The second-order valence-corrected chi connectivity index (χ2v) is 6.29. The molecule has 1 aromatic rings. The Morgan fingerprint density at radius 1 is 1.26 bits per heavy atom. The summed E-state index contributed by atoms with van der Waals surface area (Å²) in [4.78, 5) is 9.23. The standard InChI is InChI=1S/C14H20BrN3O/c15-13-7-14(9-16-8-13)18-4-2-17(3-5-18)10-12-1-6-19-11-12/h7-9,12H,1-6,10-11H2. The summed E-state index contributed by atoms with van der Waals surface area (Å²) >= 11 is 3.49. The number of piperazine rings is 1. The van der Waals surface area contributed by atoms with E-state index in [9.17, 15) is 0 Å². The van der Waals surface area contributed by atoms with Crippen LogP contribution in [-0.2, 0) is 4.74 Å². The first-order valence-corrected chi connectivity index (χ1v) is 7.76. The predicted molar refractivity (Wildman–Crippen MR) is 79.5 cm³/mol. The van der Waals surface area contributed by atoms with Crippen LogP contribution >= 0.6 is 15.9 Å². The Bertz CT molecular complexity index is 415. The lowest BCUT2D eigenvalue weighted by atomic mass is 10.1. The Labute approximate surface area is 122 Å². The fraction of sp³-hybridized carbons (Fsp3) is 0.643. The summed E-state index contributed by atoms with van der Waals surface area (Å²) in [6, 6.07) is 2.15. The van der Waals surface area contributed by atoms with Crippen molar-refractivity contribution in [1.29, 1.82) is 0 Å². The lowest BCUT2D eigenvalue weighted by Gasteiger charge is -2.36. The first-order valence-electron chi connectivity index (χ1n) is 6.97. The van der Waals surface area contributed by atoms with Crippen LogP contribution in [0.5, 0.6) is 0 Å². The summed E-state index contributed by atoms with van der Waals surface area (Å²) in [5.41, 5.74) is 1.22. The van der Waals surface area contributed by atoms with Gasteiger partial charge >= 0.3 is 0 Å². The van der Waals surface area contributed by atoms with Gasteiger partial charge in [-0.05, 0) is 34.3 Å². The minimum Gasteiger partial charge on any atom is -0.381 e. The van der Waals surface area contributed by atoms with E-state index in [1.807, 2.05) is 12.4 Å². The maximum absolute atomic E-state index is 5.45. The molecule has 2 aliphatic rings. The third-order valence-corrected chi connectivity index (χ3v) is 4.40. The zero-order valence-corrected chi connectivity index (χ0v) is 12.7. The molecule has 0 bridgehead atoms. The van der Waals surface area contributed by atoms with Crippen LogP contribution in [0.25, 0.3) is 0 Å². The van der Waals surface area contributed by atoms with Gasteiger partial charge in [-0.25, -0.2) is 0 Å². The fourth-order valence-electron chi connectivity index (χ4n) is 2.85. The van der Waals surface area contributed by atoms with Gasteiger partial charge in [0.2, 0.25) is 0 Å². The van der Waals surface area contributed by atoms with Crippen molar-refractivity contribution in [3.8, 4) is 0 Å². The molecule has 3 rings (SSSR count).